The third-order valence-electron chi connectivity index (χ3n) is 5.79. The second-order valence-electron chi connectivity index (χ2n) is 7.32. The summed E-state index contributed by atoms with van der Waals surface area (Å²) in [5.41, 5.74) is 1.84. The summed E-state index contributed by atoms with van der Waals surface area (Å²) in [5, 5.41) is 13.0. The Morgan fingerprint density at radius 1 is 1.33 bits per heavy atom. The number of H-pyrrole nitrogens is 1. The summed E-state index contributed by atoms with van der Waals surface area (Å²) in [6.45, 7) is 1.68. The van der Waals surface area contributed by atoms with Gasteiger partial charge in [-0.1, -0.05) is 18.2 Å². The molecule has 0 aliphatic carbocycles. The van der Waals surface area contributed by atoms with Gasteiger partial charge in [0.2, 0.25) is 0 Å². The molecule has 144 valence electrons. The third kappa shape index (κ3) is 3.21. The summed E-state index contributed by atoms with van der Waals surface area (Å²) in [6.07, 6.45) is 2.03. The van der Waals surface area contributed by atoms with E-state index in [-0.39, 0.29) is 18.4 Å². The van der Waals surface area contributed by atoms with E-state index in [1.165, 1.54) is 0 Å². The molecular formula is C20H25N3O4. The molecule has 0 spiro atoms. The van der Waals surface area contributed by atoms with Crippen molar-refractivity contribution in [3.63, 3.8) is 0 Å². The molecule has 4 rings (SSSR count). The van der Waals surface area contributed by atoms with E-state index in [9.17, 15) is 9.90 Å². The molecule has 1 aromatic heterocycles. The van der Waals surface area contributed by atoms with Crippen LogP contribution in [0.1, 0.15) is 46.3 Å². The molecule has 7 nitrogen and oxygen atoms in total. The number of nitrogens with zero attached hydrogens (tertiary/aromatic N) is 1. The predicted molar refractivity (Wildman–Crippen MR) is 99.2 cm³/mol. The van der Waals surface area contributed by atoms with Crippen LogP contribution in [0.3, 0.4) is 0 Å². The van der Waals surface area contributed by atoms with Gasteiger partial charge in [-0.25, -0.2) is 4.98 Å². The summed E-state index contributed by atoms with van der Waals surface area (Å²) >= 11 is 0. The van der Waals surface area contributed by atoms with Crippen LogP contribution in [0.4, 0.5) is 0 Å². The fourth-order valence-corrected chi connectivity index (χ4v) is 4.07. The first-order chi connectivity index (χ1) is 13.2. The Morgan fingerprint density at radius 2 is 2.11 bits per heavy atom. The van der Waals surface area contributed by atoms with Crippen LogP contribution in [0, 0.1) is 0 Å². The number of fused-ring (bicyclic) bond motifs is 1. The molecule has 1 amide bonds. The molecule has 0 radical (unpaired) electrons. The fourth-order valence-electron chi connectivity index (χ4n) is 4.07. The van der Waals surface area contributed by atoms with E-state index < -0.39 is 5.41 Å². The molecule has 1 atom stereocenters. The van der Waals surface area contributed by atoms with Gasteiger partial charge in [-0.2, -0.15) is 0 Å². The number of para-hydroxylation sites is 1. The highest BCUT2D eigenvalue weighted by molar-refractivity contribution is 5.94. The van der Waals surface area contributed by atoms with Crippen molar-refractivity contribution in [3.8, 4) is 5.75 Å². The van der Waals surface area contributed by atoms with E-state index in [2.05, 4.69) is 15.3 Å². The molecule has 2 aliphatic heterocycles. The number of imidazole rings is 1. The van der Waals surface area contributed by atoms with Gasteiger partial charge in [0.1, 0.15) is 17.3 Å². The van der Waals surface area contributed by atoms with Gasteiger partial charge in [0.05, 0.1) is 19.1 Å². The Balaban J connectivity index is 1.69. The number of hydrogen-bond donors (Lipinski definition) is 3. The van der Waals surface area contributed by atoms with E-state index in [0.29, 0.717) is 50.5 Å². The lowest BCUT2D eigenvalue weighted by Crippen LogP contribution is -2.38. The maximum absolute atomic E-state index is 12.6. The minimum Gasteiger partial charge on any atom is -0.496 e. The third-order valence-corrected chi connectivity index (χ3v) is 5.79. The van der Waals surface area contributed by atoms with Crippen LogP contribution in [-0.2, 0) is 16.6 Å². The number of carbonyl (C=O) groups excluding carboxylic acids is 1. The zero-order valence-electron chi connectivity index (χ0n) is 15.5. The number of benzene rings is 1. The van der Waals surface area contributed by atoms with Gasteiger partial charge in [0.25, 0.3) is 5.91 Å². The zero-order valence-corrected chi connectivity index (χ0v) is 15.5. The Hall–Kier alpha value is -2.38. The summed E-state index contributed by atoms with van der Waals surface area (Å²) in [4.78, 5) is 20.6. The lowest BCUT2D eigenvalue weighted by atomic mass is 9.80. The first-order valence-electron chi connectivity index (χ1n) is 9.36. The van der Waals surface area contributed by atoms with Crippen LogP contribution >= 0.6 is 0 Å². The zero-order chi connectivity index (χ0) is 18.9. The molecule has 27 heavy (non-hydrogen) atoms. The van der Waals surface area contributed by atoms with Crippen molar-refractivity contribution < 1.29 is 19.4 Å². The van der Waals surface area contributed by atoms with Gasteiger partial charge in [0, 0.05) is 31.4 Å². The predicted octanol–water partition coefficient (Wildman–Crippen LogP) is 1.53. The molecule has 7 heteroatoms. The van der Waals surface area contributed by atoms with Crippen molar-refractivity contribution in [1.29, 1.82) is 0 Å². The van der Waals surface area contributed by atoms with E-state index in [0.717, 1.165) is 17.0 Å². The van der Waals surface area contributed by atoms with Crippen molar-refractivity contribution in [2.75, 3.05) is 33.5 Å². The first kappa shape index (κ1) is 18.0. The van der Waals surface area contributed by atoms with Crippen LogP contribution in [0.15, 0.2) is 24.3 Å². The van der Waals surface area contributed by atoms with Crippen LogP contribution in [0.2, 0.25) is 0 Å². The number of hydrogen-bond acceptors (Lipinski definition) is 5. The second-order valence-corrected chi connectivity index (χ2v) is 7.32. The van der Waals surface area contributed by atoms with E-state index in [1.807, 2.05) is 24.3 Å². The number of carbonyl (C=O) groups is 1. The topological polar surface area (TPSA) is 96.5 Å². The first-order valence-corrected chi connectivity index (χ1v) is 9.36. The minimum absolute atomic E-state index is 0.0136. The number of methoxy groups -OCH3 is 1. The molecule has 0 unspecified atom stereocenters. The largest absolute Gasteiger partial charge is 0.496 e. The molecule has 1 aromatic carbocycles. The summed E-state index contributed by atoms with van der Waals surface area (Å²) in [6, 6.07) is 7.88. The van der Waals surface area contributed by atoms with Gasteiger partial charge >= 0.3 is 0 Å². The van der Waals surface area contributed by atoms with Gasteiger partial charge in [-0.3, -0.25) is 4.79 Å². The molecule has 1 saturated heterocycles. The van der Waals surface area contributed by atoms with Gasteiger partial charge in [0.15, 0.2) is 0 Å². The SMILES string of the molecule is COc1ccccc1[C@H]1CNC(=O)c2nc(C3(CO)CCOCC3)[nH]c2C1. The number of ether oxygens (including phenoxy) is 2. The summed E-state index contributed by atoms with van der Waals surface area (Å²) in [5.74, 6) is 1.41. The van der Waals surface area contributed by atoms with Crippen LogP contribution < -0.4 is 10.1 Å². The normalized spacial score (nSPS) is 21.9. The standard InChI is InChI=1S/C20H25N3O4/c1-26-16-5-3-2-4-14(16)13-10-15-17(18(25)21-11-13)23-19(22-15)20(12-24)6-8-27-9-7-20/h2-5,13,24H,6-12H2,1H3,(H,21,25)(H,22,23)/t13-/m1/s1. The summed E-state index contributed by atoms with van der Waals surface area (Å²) in [7, 11) is 1.66. The molecule has 0 saturated carbocycles. The molecule has 2 aliphatic rings. The Kier molecular flexibility index (Phi) is 4.88. The smallest absolute Gasteiger partial charge is 0.271 e. The molecular weight excluding hydrogens is 346 g/mol. The number of nitrogens with one attached hydrogen (secondary N) is 2. The lowest BCUT2D eigenvalue weighted by molar-refractivity contribution is 0.0219. The Morgan fingerprint density at radius 3 is 2.85 bits per heavy atom. The fraction of sp³-hybridized carbons (Fsp3) is 0.500. The van der Waals surface area contributed by atoms with E-state index in [4.69, 9.17) is 9.47 Å². The van der Waals surface area contributed by atoms with Crippen LogP contribution in [-0.4, -0.2) is 54.5 Å². The van der Waals surface area contributed by atoms with Gasteiger partial charge < -0.3 is 24.9 Å². The van der Waals surface area contributed by atoms with E-state index >= 15 is 0 Å². The number of rotatable bonds is 4. The van der Waals surface area contributed by atoms with Crippen LogP contribution in [0.5, 0.6) is 5.75 Å². The van der Waals surface area contributed by atoms with Crippen molar-refractivity contribution in [3.05, 3.63) is 47.0 Å². The average Bonchev–Trinajstić information content (AvgIpc) is 3.09. The Bertz CT molecular complexity index is 826. The summed E-state index contributed by atoms with van der Waals surface area (Å²) < 4.78 is 10.9. The van der Waals surface area contributed by atoms with E-state index in [1.54, 1.807) is 7.11 Å². The Labute approximate surface area is 158 Å². The second kappa shape index (κ2) is 7.32. The van der Waals surface area contributed by atoms with Gasteiger partial charge in [-0.15, -0.1) is 0 Å². The van der Waals surface area contributed by atoms with Crippen molar-refractivity contribution in [2.24, 2.45) is 0 Å². The van der Waals surface area contributed by atoms with Crippen molar-refractivity contribution in [2.45, 2.75) is 30.6 Å². The lowest BCUT2D eigenvalue weighted by Gasteiger charge is -2.33. The number of aromatic amines is 1. The number of aliphatic hydroxyl groups excluding tert-OH is 1. The molecule has 0 bridgehead atoms. The minimum atomic E-state index is -0.468. The number of aliphatic hydroxyl groups is 1. The molecule has 1 fully saturated rings. The van der Waals surface area contributed by atoms with Crippen LogP contribution in [0.25, 0.3) is 0 Å². The monoisotopic (exact) mass is 371 g/mol. The highest BCUT2D eigenvalue weighted by atomic mass is 16.5. The quantitative estimate of drug-likeness (QED) is 0.757. The maximum Gasteiger partial charge on any atom is 0.271 e. The van der Waals surface area contributed by atoms with Gasteiger partial charge in [-0.05, 0) is 30.9 Å². The number of amides is 1. The molecule has 2 aromatic rings. The highest BCUT2D eigenvalue weighted by Crippen LogP contribution is 2.35. The number of aromatic nitrogens is 2. The van der Waals surface area contributed by atoms with Crippen molar-refractivity contribution >= 4 is 5.91 Å². The molecule has 3 heterocycles. The van der Waals surface area contributed by atoms with Crippen molar-refractivity contribution in [1.82, 2.24) is 15.3 Å². The highest BCUT2D eigenvalue weighted by Gasteiger charge is 2.39. The average molecular weight is 371 g/mol. The maximum atomic E-state index is 12.6. The molecule has 3 N–H and O–H groups in total.